The fourth-order valence-electron chi connectivity index (χ4n) is 2.73. The molecule has 0 unspecified atom stereocenters. The average Bonchev–Trinajstić information content (AvgIpc) is 3.00. The molecule has 0 bridgehead atoms. The van der Waals surface area contributed by atoms with Crippen molar-refractivity contribution in [2.24, 2.45) is 4.99 Å². The zero-order valence-corrected chi connectivity index (χ0v) is 16.2. The van der Waals surface area contributed by atoms with E-state index in [1.807, 2.05) is 24.3 Å². The molecule has 130 valence electrons. The fourth-order valence-corrected chi connectivity index (χ4v) is 3.82. The zero-order valence-electron chi connectivity index (χ0n) is 15.4. The highest BCUT2D eigenvalue weighted by molar-refractivity contribution is 7.07. The Labute approximate surface area is 153 Å². The highest BCUT2D eigenvalue weighted by Crippen LogP contribution is 2.27. The third kappa shape index (κ3) is 3.85. The summed E-state index contributed by atoms with van der Waals surface area (Å²) in [5.74, 6) is 0.842. The van der Waals surface area contributed by atoms with Gasteiger partial charge in [0.1, 0.15) is 5.75 Å². The second kappa shape index (κ2) is 6.89. The summed E-state index contributed by atoms with van der Waals surface area (Å²) in [6.45, 7) is 8.75. The van der Waals surface area contributed by atoms with Crippen molar-refractivity contribution in [2.45, 2.75) is 33.2 Å². The molecule has 3 nitrogen and oxygen atoms in total. The number of hydrogen-bond acceptors (Lipinski definition) is 3. The standard InChI is InChI=1S/C21H24N2OS/c1-15-6-8-16(9-7-15)19-14-25-20(23(19)21(2,3)4)22-17-10-12-18(24-5)13-11-17/h6-14H,1-5H3. The molecule has 0 spiro atoms. The summed E-state index contributed by atoms with van der Waals surface area (Å²) < 4.78 is 7.54. The molecule has 0 fully saturated rings. The van der Waals surface area contributed by atoms with Crippen LogP contribution in [0.2, 0.25) is 0 Å². The molecular weight excluding hydrogens is 328 g/mol. The van der Waals surface area contributed by atoms with Gasteiger partial charge in [0.25, 0.3) is 0 Å². The summed E-state index contributed by atoms with van der Waals surface area (Å²) in [4.78, 5) is 5.87. The Morgan fingerprint density at radius 2 is 1.60 bits per heavy atom. The van der Waals surface area contributed by atoms with Crippen molar-refractivity contribution in [3.8, 4) is 17.0 Å². The number of nitrogens with zero attached hydrogens (tertiary/aromatic N) is 2. The molecule has 0 saturated carbocycles. The Morgan fingerprint density at radius 1 is 0.960 bits per heavy atom. The van der Waals surface area contributed by atoms with Crippen molar-refractivity contribution < 1.29 is 4.74 Å². The Hall–Kier alpha value is -2.33. The first-order valence-electron chi connectivity index (χ1n) is 8.35. The highest BCUT2D eigenvalue weighted by atomic mass is 32.1. The van der Waals surface area contributed by atoms with Gasteiger partial charge in [-0.15, -0.1) is 11.3 Å². The molecule has 4 heteroatoms. The van der Waals surface area contributed by atoms with Crippen LogP contribution in [0.25, 0.3) is 11.3 Å². The third-order valence-electron chi connectivity index (χ3n) is 4.02. The number of thiazole rings is 1. The summed E-state index contributed by atoms with van der Waals surface area (Å²) in [6, 6.07) is 16.5. The molecule has 1 heterocycles. The third-order valence-corrected chi connectivity index (χ3v) is 4.85. The van der Waals surface area contributed by atoms with Crippen LogP contribution < -0.4 is 9.54 Å². The lowest BCUT2D eigenvalue weighted by Gasteiger charge is -2.24. The summed E-state index contributed by atoms with van der Waals surface area (Å²) in [6.07, 6.45) is 0. The first-order valence-corrected chi connectivity index (χ1v) is 9.23. The van der Waals surface area contributed by atoms with Gasteiger partial charge in [-0.2, -0.15) is 0 Å². The van der Waals surface area contributed by atoms with E-state index in [0.29, 0.717) is 0 Å². The largest absolute Gasteiger partial charge is 0.497 e. The maximum absolute atomic E-state index is 5.22. The average molecular weight is 353 g/mol. The zero-order chi connectivity index (χ0) is 18.0. The van der Waals surface area contributed by atoms with E-state index in [1.165, 1.54) is 16.8 Å². The van der Waals surface area contributed by atoms with Gasteiger partial charge < -0.3 is 9.30 Å². The monoisotopic (exact) mass is 352 g/mol. The SMILES string of the molecule is COc1ccc(N=c2scc(-c3ccc(C)cc3)n2C(C)(C)C)cc1. The Morgan fingerprint density at radius 3 is 2.16 bits per heavy atom. The van der Waals surface area contributed by atoms with Gasteiger partial charge in [0.15, 0.2) is 4.80 Å². The molecule has 1 aromatic heterocycles. The minimum atomic E-state index is -0.0640. The predicted octanol–water partition coefficient (Wildman–Crippen LogP) is 5.52. The van der Waals surface area contributed by atoms with Crippen LogP contribution in [0.5, 0.6) is 5.75 Å². The molecular formula is C21H24N2OS. The van der Waals surface area contributed by atoms with Gasteiger partial charge in [-0.05, 0) is 57.5 Å². The van der Waals surface area contributed by atoms with Crippen LogP contribution in [0.4, 0.5) is 5.69 Å². The lowest BCUT2D eigenvalue weighted by Crippen LogP contribution is -2.31. The molecule has 0 radical (unpaired) electrons. The quantitative estimate of drug-likeness (QED) is 0.609. The van der Waals surface area contributed by atoms with Crippen molar-refractivity contribution in [1.82, 2.24) is 4.57 Å². The van der Waals surface area contributed by atoms with Crippen LogP contribution in [0.15, 0.2) is 58.9 Å². The van der Waals surface area contributed by atoms with Gasteiger partial charge in [-0.25, -0.2) is 4.99 Å². The lowest BCUT2D eigenvalue weighted by molar-refractivity contribution is 0.392. The molecule has 0 atom stereocenters. The van der Waals surface area contributed by atoms with Crippen molar-refractivity contribution >= 4 is 17.0 Å². The second-order valence-corrected chi connectivity index (χ2v) is 7.92. The van der Waals surface area contributed by atoms with E-state index >= 15 is 0 Å². The number of ether oxygens (including phenoxy) is 1. The van der Waals surface area contributed by atoms with Crippen molar-refractivity contribution in [3.05, 3.63) is 64.3 Å². The van der Waals surface area contributed by atoms with Crippen molar-refractivity contribution in [2.75, 3.05) is 7.11 Å². The number of aromatic nitrogens is 1. The maximum Gasteiger partial charge on any atom is 0.190 e. The van der Waals surface area contributed by atoms with Gasteiger partial charge >= 0.3 is 0 Å². The summed E-state index contributed by atoms with van der Waals surface area (Å²) >= 11 is 1.67. The summed E-state index contributed by atoms with van der Waals surface area (Å²) in [7, 11) is 1.67. The molecule has 2 aromatic carbocycles. The minimum Gasteiger partial charge on any atom is -0.497 e. The first-order chi connectivity index (χ1) is 11.9. The smallest absolute Gasteiger partial charge is 0.190 e. The Balaban J connectivity index is 2.14. The van der Waals surface area contributed by atoms with E-state index in [4.69, 9.17) is 9.73 Å². The molecule has 3 rings (SSSR count). The van der Waals surface area contributed by atoms with Gasteiger partial charge in [0.2, 0.25) is 0 Å². The summed E-state index contributed by atoms with van der Waals surface area (Å²) in [5.41, 5.74) is 4.55. The van der Waals surface area contributed by atoms with E-state index in [1.54, 1.807) is 18.4 Å². The Bertz CT molecular complexity index is 910. The van der Waals surface area contributed by atoms with Gasteiger partial charge in [0, 0.05) is 10.9 Å². The van der Waals surface area contributed by atoms with Gasteiger partial charge in [-0.1, -0.05) is 29.8 Å². The first kappa shape index (κ1) is 17.5. The fraction of sp³-hybridized carbons (Fsp3) is 0.286. The number of hydrogen-bond donors (Lipinski definition) is 0. The molecule has 0 N–H and O–H groups in total. The summed E-state index contributed by atoms with van der Waals surface area (Å²) in [5, 5.41) is 2.19. The number of aryl methyl sites for hydroxylation is 1. The molecule has 0 aliphatic carbocycles. The van der Waals surface area contributed by atoms with Crippen molar-refractivity contribution in [1.29, 1.82) is 0 Å². The number of benzene rings is 2. The van der Waals surface area contributed by atoms with E-state index in [-0.39, 0.29) is 5.54 Å². The predicted molar refractivity (Wildman–Crippen MR) is 106 cm³/mol. The van der Waals surface area contributed by atoms with Crippen molar-refractivity contribution in [3.63, 3.8) is 0 Å². The molecule has 3 aromatic rings. The minimum absolute atomic E-state index is 0.0640. The van der Waals surface area contributed by atoms with E-state index in [9.17, 15) is 0 Å². The van der Waals surface area contributed by atoms with Crippen LogP contribution >= 0.6 is 11.3 Å². The number of rotatable bonds is 3. The van der Waals surface area contributed by atoms with E-state index in [0.717, 1.165) is 16.2 Å². The normalized spacial score (nSPS) is 12.4. The van der Waals surface area contributed by atoms with E-state index < -0.39 is 0 Å². The molecule has 25 heavy (non-hydrogen) atoms. The van der Waals surface area contributed by atoms with Gasteiger partial charge in [0.05, 0.1) is 18.5 Å². The Kier molecular flexibility index (Phi) is 4.82. The molecule has 0 saturated heterocycles. The van der Waals surface area contributed by atoms with Crippen LogP contribution in [0, 0.1) is 6.92 Å². The lowest BCUT2D eigenvalue weighted by atomic mass is 10.1. The van der Waals surface area contributed by atoms with Crippen LogP contribution in [0.3, 0.4) is 0 Å². The van der Waals surface area contributed by atoms with Crippen LogP contribution in [-0.4, -0.2) is 11.7 Å². The molecule has 0 aliphatic rings. The number of methoxy groups -OCH3 is 1. The van der Waals surface area contributed by atoms with E-state index in [2.05, 4.69) is 61.9 Å². The van der Waals surface area contributed by atoms with Crippen LogP contribution in [0.1, 0.15) is 26.3 Å². The molecule has 0 amide bonds. The topological polar surface area (TPSA) is 26.5 Å². The highest BCUT2D eigenvalue weighted by Gasteiger charge is 2.19. The maximum atomic E-state index is 5.22. The second-order valence-electron chi connectivity index (χ2n) is 7.09. The van der Waals surface area contributed by atoms with Gasteiger partial charge in [-0.3, -0.25) is 0 Å². The molecule has 0 aliphatic heterocycles. The van der Waals surface area contributed by atoms with Crippen LogP contribution in [-0.2, 0) is 5.54 Å².